The molecular formula is C9H11IO. The highest BCUT2D eigenvalue weighted by atomic mass is 127. The summed E-state index contributed by atoms with van der Waals surface area (Å²) in [5.41, 5.74) is 1.47. The monoisotopic (exact) mass is 262 g/mol. The Morgan fingerprint density at radius 2 is 2.45 bits per heavy atom. The molecule has 1 aliphatic heterocycles. The van der Waals surface area contributed by atoms with Crippen molar-refractivity contribution in [1.82, 2.24) is 0 Å². The molecule has 0 spiro atoms. The summed E-state index contributed by atoms with van der Waals surface area (Å²) >= 11 is 0.147. The second-order valence-electron chi connectivity index (χ2n) is 3.10. The van der Waals surface area contributed by atoms with Crippen molar-refractivity contribution in [2.75, 3.05) is 0 Å². The lowest BCUT2D eigenvalue weighted by Crippen LogP contribution is -2.16. The molecule has 1 nitrogen and oxygen atoms in total. The first kappa shape index (κ1) is 7.53. The van der Waals surface area contributed by atoms with Gasteiger partial charge in [0.2, 0.25) is 0 Å². The van der Waals surface area contributed by atoms with Gasteiger partial charge >= 0.3 is 0 Å². The van der Waals surface area contributed by atoms with Gasteiger partial charge in [-0.3, -0.25) is 0 Å². The van der Waals surface area contributed by atoms with E-state index in [0.717, 1.165) is 6.42 Å². The van der Waals surface area contributed by atoms with E-state index in [1.807, 2.05) is 6.08 Å². The predicted octanol–water partition coefficient (Wildman–Crippen LogP) is 2.75. The zero-order valence-corrected chi connectivity index (χ0v) is 8.58. The average molecular weight is 262 g/mol. The molecule has 0 amide bonds. The standard InChI is InChI=1S/C9H11IO/c1-6-2-3-9(11)8-5-10-4-7(6)8/h3-6,8,11H,2H2,1H3. The molecule has 0 saturated heterocycles. The minimum absolute atomic E-state index is 0.147. The summed E-state index contributed by atoms with van der Waals surface area (Å²) < 4.78 is 4.65. The summed E-state index contributed by atoms with van der Waals surface area (Å²) in [7, 11) is 0. The van der Waals surface area contributed by atoms with E-state index in [4.69, 9.17) is 0 Å². The number of aliphatic hydroxyl groups excluding tert-OH is 1. The van der Waals surface area contributed by atoms with Gasteiger partial charge in [0.15, 0.2) is 0 Å². The molecule has 0 aromatic carbocycles. The Kier molecular flexibility index (Phi) is 1.87. The Hall–Kier alpha value is -0.120. The number of halogens is 1. The van der Waals surface area contributed by atoms with Crippen LogP contribution in [0.25, 0.3) is 0 Å². The third kappa shape index (κ3) is 1.17. The van der Waals surface area contributed by atoms with Crippen LogP contribution >= 0.6 is 20.7 Å². The van der Waals surface area contributed by atoms with Gasteiger partial charge in [-0.05, 0) is 32.1 Å². The summed E-state index contributed by atoms with van der Waals surface area (Å²) in [6.45, 7) is 2.24. The Labute approximate surface area is 76.6 Å². The van der Waals surface area contributed by atoms with Crippen molar-refractivity contribution in [3.05, 3.63) is 21.5 Å². The molecule has 60 valence electrons. The van der Waals surface area contributed by atoms with Crippen LogP contribution in [0.3, 0.4) is 0 Å². The van der Waals surface area contributed by atoms with E-state index in [2.05, 4.69) is 15.0 Å². The second kappa shape index (κ2) is 2.73. The number of allylic oxidation sites excluding steroid dienone is 2. The van der Waals surface area contributed by atoms with Crippen LogP contribution in [-0.4, -0.2) is 9.12 Å². The summed E-state index contributed by atoms with van der Waals surface area (Å²) in [6.07, 6.45) is 2.99. The second-order valence-corrected chi connectivity index (χ2v) is 5.17. The van der Waals surface area contributed by atoms with Gasteiger partial charge in [0.1, 0.15) is 0 Å². The zero-order chi connectivity index (χ0) is 7.84. The molecule has 2 unspecified atom stereocenters. The van der Waals surface area contributed by atoms with Gasteiger partial charge in [-0.2, -0.15) is 0 Å². The Morgan fingerprint density at radius 1 is 1.64 bits per heavy atom. The molecule has 1 aliphatic carbocycles. The van der Waals surface area contributed by atoms with Crippen molar-refractivity contribution in [2.24, 2.45) is 11.8 Å². The van der Waals surface area contributed by atoms with Gasteiger partial charge in [-0.25, -0.2) is 0 Å². The molecule has 2 heteroatoms. The summed E-state index contributed by atoms with van der Waals surface area (Å²) in [4.78, 5) is 0. The topological polar surface area (TPSA) is 20.2 Å². The van der Waals surface area contributed by atoms with Crippen molar-refractivity contribution in [3.63, 3.8) is 0 Å². The number of rotatable bonds is 0. The molecule has 2 aliphatic rings. The number of fused-ring (bicyclic) bond motifs is 1. The molecule has 0 radical (unpaired) electrons. The molecule has 0 bridgehead atoms. The first-order chi connectivity index (χ1) is 5.29. The number of aliphatic hydroxyl groups is 1. The molecule has 0 saturated carbocycles. The Morgan fingerprint density at radius 3 is 3.18 bits per heavy atom. The van der Waals surface area contributed by atoms with Crippen molar-refractivity contribution < 1.29 is 5.11 Å². The van der Waals surface area contributed by atoms with Gasteiger partial charge in [-0.1, -0.05) is 27.7 Å². The van der Waals surface area contributed by atoms with Crippen LogP contribution in [0.1, 0.15) is 13.3 Å². The largest absolute Gasteiger partial charge is 0.512 e. The lowest BCUT2D eigenvalue weighted by molar-refractivity contribution is 0.357. The third-order valence-electron chi connectivity index (χ3n) is 2.32. The van der Waals surface area contributed by atoms with E-state index in [1.54, 1.807) is 0 Å². The van der Waals surface area contributed by atoms with Crippen LogP contribution in [0.2, 0.25) is 0 Å². The Bertz CT molecular complexity index is 263. The van der Waals surface area contributed by atoms with Crippen LogP contribution in [-0.2, 0) is 0 Å². The molecular weight excluding hydrogens is 251 g/mol. The summed E-state index contributed by atoms with van der Waals surface area (Å²) in [6, 6.07) is 0. The van der Waals surface area contributed by atoms with Gasteiger partial charge in [0, 0.05) is 0 Å². The van der Waals surface area contributed by atoms with Crippen molar-refractivity contribution in [2.45, 2.75) is 13.3 Å². The minimum Gasteiger partial charge on any atom is -0.512 e. The summed E-state index contributed by atoms with van der Waals surface area (Å²) in [5.74, 6) is 1.56. The molecule has 2 rings (SSSR count). The van der Waals surface area contributed by atoms with Crippen molar-refractivity contribution in [1.29, 1.82) is 0 Å². The highest BCUT2D eigenvalue weighted by molar-refractivity contribution is 14.2. The normalized spacial score (nSPS) is 35.4. The first-order valence-electron chi connectivity index (χ1n) is 3.83. The lowest BCUT2D eigenvalue weighted by Gasteiger charge is -2.23. The van der Waals surface area contributed by atoms with E-state index < -0.39 is 0 Å². The molecule has 2 atom stereocenters. The number of hydrogen-bond donors (Lipinski definition) is 1. The molecule has 11 heavy (non-hydrogen) atoms. The lowest BCUT2D eigenvalue weighted by atomic mass is 9.83. The highest BCUT2D eigenvalue weighted by Crippen LogP contribution is 2.38. The fraction of sp³-hybridized carbons (Fsp3) is 0.444. The van der Waals surface area contributed by atoms with E-state index in [0.29, 0.717) is 17.6 Å². The highest BCUT2D eigenvalue weighted by Gasteiger charge is 2.26. The van der Waals surface area contributed by atoms with Crippen LogP contribution < -0.4 is 0 Å². The molecule has 0 fully saturated rings. The van der Waals surface area contributed by atoms with Crippen LogP contribution in [0.15, 0.2) is 21.5 Å². The van der Waals surface area contributed by atoms with Crippen LogP contribution in [0.5, 0.6) is 0 Å². The van der Waals surface area contributed by atoms with E-state index in [1.165, 1.54) is 5.57 Å². The quantitative estimate of drug-likeness (QED) is 0.665. The zero-order valence-electron chi connectivity index (χ0n) is 6.42. The van der Waals surface area contributed by atoms with E-state index in [-0.39, 0.29) is 20.7 Å². The van der Waals surface area contributed by atoms with Crippen molar-refractivity contribution in [3.8, 4) is 0 Å². The first-order valence-corrected chi connectivity index (χ1v) is 6.32. The van der Waals surface area contributed by atoms with Gasteiger partial charge in [0.05, 0.1) is 11.7 Å². The van der Waals surface area contributed by atoms with Crippen molar-refractivity contribution >= 4 is 24.7 Å². The fourth-order valence-electron chi connectivity index (χ4n) is 1.53. The maximum atomic E-state index is 9.50. The van der Waals surface area contributed by atoms with E-state index >= 15 is 0 Å². The summed E-state index contributed by atoms with van der Waals surface area (Å²) in [5, 5.41) is 9.50. The average Bonchev–Trinajstić information content (AvgIpc) is 2.45. The smallest absolute Gasteiger partial charge is 0.0997 e. The van der Waals surface area contributed by atoms with Gasteiger partial charge in [0.25, 0.3) is 0 Å². The molecule has 1 N–H and O–H groups in total. The van der Waals surface area contributed by atoms with Gasteiger partial charge < -0.3 is 5.11 Å². The molecule has 0 aromatic heterocycles. The Balaban J connectivity index is 2.37. The molecule has 0 aromatic rings. The SMILES string of the molecule is CC1CC=C(O)C2C=IC=C12. The van der Waals surface area contributed by atoms with E-state index in [9.17, 15) is 5.11 Å². The third-order valence-corrected chi connectivity index (χ3v) is 4.53. The maximum absolute atomic E-state index is 9.50. The predicted molar refractivity (Wildman–Crippen MR) is 56.1 cm³/mol. The van der Waals surface area contributed by atoms with Crippen LogP contribution in [0, 0.1) is 11.8 Å². The maximum Gasteiger partial charge on any atom is 0.0997 e. The fourth-order valence-corrected chi connectivity index (χ4v) is 4.36. The molecule has 1 heterocycles. The van der Waals surface area contributed by atoms with Gasteiger partial charge in [-0.15, -0.1) is 0 Å². The minimum atomic E-state index is 0.147. The number of hydrogen-bond acceptors (Lipinski definition) is 1. The van der Waals surface area contributed by atoms with Crippen LogP contribution in [0.4, 0.5) is 0 Å².